The smallest absolute Gasteiger partial charge is 0.239 e. The van der Waals surface area contributed by atoms with Crippen molar-refractivity contribution >= 4 is 58.0 Å². The Bertz CT molecular complexity index is 908. The molecule has 1 fully saturated rings. The monoisotopic (exact) mass is 455 g/mol. The zero-order valence-corrected chi connectivity index (χ0v) is 17.8. The summed E-state index contributed by atoms with van der Waals surface area (Å²) in [5.74, 6) is 0.311. The van der Waals surface area contributed by atoms with Crippen LogP contribution in [0.25, 0.3) is 0 Å². The topological polar surface area (TPSA) is 70.7 Å². The molecule has 0 spiro atoms. The number of hydrogen-bond donors (Lipinski definition) is 2. The molecule has 2 N–H and O–H groups in total. The van der Waals surface area contributed by atoms with Crippen LogP contribution in [-0.2, 0) is 9.59 Å². The van der Waals surface area contributed by atoms with E-state index in [-0.39, 0.29) is 24.8 Å². The van der Waals surface area contributed by atoms with Crippen LogP contribution in [0.1, 0.15) is 12.8 Å². The fraction of sp³-hybridized carbons (Fsp3) is 0.300. The van der Waals surface area contributed by atoms with Crippen molar-refractivity contribution in [2.75, 3.05) is 36.5 Å². The lowest BCUT2D eigenvalue weighted by molar-refractivity contribution is -0.120. The van der Waals surface area contributed by atoms with E-state index in [0.29, 0.717) is 52.6 Å². The van der Waals surface area contributed by atoms with E-state index in [1.165, 1.54) is 0 Å². The number of hydrogen-bond acceptors (Lipinski definition) is 4. The fourth-order valence-electron chi connectivity index (χ4n) is 2.92. The second kappa shape index (κ2) is 10.1. The second-order valence-corrected chi connectivity index (χ2v) is 7.68. The van der Waals surface area contributed by atoms with Gasteiger partial charge in [0, 0.05) is 25.2 Å². The predicted octanol–water partition coefficient (Wildman–Crippen LogP) is 4.38. The number of carbonyl (C=O) groups excluding carboxylic acids is 2. The van der Waals surface area contributed by atoms with Crippen molar-refractivity contribution < 1.29 is 14.3 Å². The number of nitrogens with zero attached hydrogens (tertiary/aromatic N) is 1. The second-order valence-electron chi connectivity index (χ2n) is 6.49. The van der Waals surface area contributed by atoms with Gasteiger partial charge in [0.2, 0.25) is 11.8 Å². The SMILES string of the molecule is O=C1CN(c2ccc(NC(=O)CCCOc3cccc(Cl)c3Cl)cc2Cl)CCN1. The summed E-state index contributed by atoms with van der Waals surface area (Å²) in [5, 5.41) is 6.86. The lowest BCUT2D eigenvalue weighted by Gasteiger charge is -2.29. The molecule has 9 heteroatoms. The fourth-order valence-corrected chi connectivity index (χ4v) is 3.57. The molecule has 1 saturated heterocycles. The Balaban J connectivity index is 1.47. The van der Waals surface area contributed by atoms with Gasteiger partial charge in [-0.25, -0.2) is 0 Å². The Morgan fingerprint density at radius 2 is 2.00 bits per heavy atom. The summed E-state index contributed by atoms with van der Waals surface area (Å²) < 4.78 is 5.57. The zero-order valence-electron chi connectivity index (χ0n) is 15.5. The van der Waals surface area contributed by atoms with Gasteiger partial charge in [0.15, 0.2) is 0 Å². The van der Waals surface area contributed by atoms with Crippen molar-refractivity contribution in [2.24, 2.45) is 0 Å². The standard InChI is InChI=1S/C20H20Cl3N3O3/c21-14-3-1-4-17(20(14)23)29-10-2-5-18(27)25-13-6-7-16(15(22)11-13)26-9-8-24-19(28)12-26/h1,3-4,6-7,11H,2,5,8-10,12H2,(H,24,28)(H,25,27). The molecule has 0 bridgehead atoms. The van der Waals surface area contributed by atoms with Gasteiger partial charge in [0.25, 0.3) is 0 Å². The van der Waals surface area contributed by atoms with Gasteiger partial charge >= 0.3 is 0 Å². The van der Waals surface area contributed by atoms with Crippen molar-refractivity contribution in [1.82, 2.24) is 5.32 Å². The van der Waals surface area contributed by atoms with Crippen molar-refractivity contribution in [3.05, 3.63) is 51.5 Å². The van der Waals surface area contributed by atoms with Crippen LogP contribution in [0.3, 0.4) is 0 Å². The molecule has 0 aliphatic carbocycles. The highest BCUT2D eigenvalue weighted by molar-refractivity contribution is 6.42. The predicted molar refractivity (Wildman–Crippen MR) is 116 cm³/mol. The summed E-state index contributed by atoms with van der Waals surface area (Å²) in [6, 6.07) is 10.4. The molecule has 3 rings (SSSR count). The first-order valence-electron chi connectivity index (χ1n) is 9.12. The number of carbonyl (C=O) groups is 2. The molecule has 1 heterocycles. The Morgan fingerprint density at radius 1 is 1.17 bits per heavy atom. The summed E-state index contributed by atoms with van der Waals surface area (Å²) in [5.41, 5.74) is 1.37. The van der Waals surface area contributed by atoms with Crippen molar-refractivity contribution in [3.8, 4) is 5.75 Å². The van der Waals surface area contributed by atoms with Crippen molar-refractivity contribution in [2.45, 2.75) is 12.8 Å². The molecule has 1 aliphatic heterocycles. The van der Waals surface area contributed by atoms with Crippen LogP contribution in [0.4, 0.5) is 11.4 Å². The number of anilines is 2. The van der Waals surface area contributed by atoms with Gasteiger partial charge in [0.1, 0.15) is 10.8 Å². The highest BCUT2D eigenvalue weighted by Gasteiger charge is 2.19. The average Bonchev–Trinajstić information content (AvgIpc) is 2.68. The van der Waals surface area contributed by atoms with E-state index < -0.39 is 0 Å². The Labute approximate surface area is 184 Å². The first-order chi connectivity index (χ1) is 13.9. The van der Waals surface area contributed by atoms with Crippen molar-refractivity contribution in [1.29, 1.82) is 0 Å². The maximum atomic E-state index is 12.2. The summed E-state index contributed by atoms with van der Waals surface area (Å²) in [4.78, 5) is 25.6. The number of rotatable bonds is 7. The van der Waals surface area contributed by atoms with E-state index in [2.05, 4.69) is 10.6 Å². The molecule has 0 atom stereocenters. The number of benzene rings is 2. The third kappa shape index (κ3) is 5.92. The van der Waals surface area contributed by atoms with Gasteiger partial charge < -0.3 is 20.3 Å². The molecule has 154 valence electrons. The summed E-state index contributed by atoms with van der Waals surface area (Å²) in [6.45, 7) is 1.87. The Hall–Kier alpha value is -2.15. The molecule has 2 aromatic rings. The molecule has 0 aromatic heterocycles. The third-order valence-electron chi connectivity index (χ3n) is 4.33. The van der Waals surface area contributed by atoms with Gasteiger partial charge in [-0.15, -0.1) is 0 Å². The first kappa shape index (κ1) is 21.6. The zero-order chi connectivity index (χ0) is 20.8. The van der Waals surface area contributed by atoms with Crippen LogP contribution in [0.15, 0.2) is 36.4 Å². The molecular weight excluding hydrogens is 437 g/mol. The van der Waals surface area contributed by atoms with Gasteiger partial charge in [-0.3, -0.25) is 9.59 Å². The maximum Gasteiger partial charge on any atom is 0.239 e. The lowest BCUT2D eigenvalue weighted by Crippen LogP contribution is -2.47. The minimum atomic E-state index is -0.146. The molecular formula is C20H20Cl3N3O3. The van der Waals surface area contributed by atoms with Gasteiger partial charge in [-0.1, -0.05) is 40.9 Å². The summed E-state index contributed by atoms with van der Waals surface area (Å²) in [7, 11) is 0. The summed E-state index contributed by atoms with van der Waals surface area (Å²) >= 11 is 18.3. The Kier molecular flexibility index (Phi) is 7.47. The molecule has 0 saturated carbocycles. The molecule has 2 amide bonds. The average molecular weight is 457 g/mol. The largest absolute Gasteiger partial charge is 0.492 e. The van der Waals surface area contributed by atoms with E-state index in [4.69, 9.17) is 39.5 Å². The van der Waals surface area contributed by atoms with Crippen LogP contribution in [0.5, 0.6) is 5.75 Å². The lowest BCUT2D eigenvalue weighted by atomic mass is 10.2. The molecule has 6 nitrogen and oxygen atoms in total. The quantitative estimate of drug-likeness (QED) is 0.607. The van der Waals surface area contributed by atoms with E-state index >= 15 is 0 Å². The molecule has 2 aromatic carbocycles. The maximum absolute atomic E-state index is 12.2. The number of piperazine rings is 1. The van der Waals surface area contributed by atoms with E-state index in [9.17, 15) is 9.59 Å². The highest BCUT2D eigenvalue weighted by Crippen LogP contribution is 2.32. The first-order valence-corrected chi connectivity index (χ1v) is 10.3. The number of nitrogens with one attached hydrogen (secondary N) is 2. The van der Waals surface area contributed by atoms with Gasteiger partial charge in [-0.05, 0) is 36.8 Å². The molecule has 1 aliphatic rings. The van der Waals surface area contributed by atoms with Crippen LogP contribution in [-0.4, -0.2) is 38.1 Å². The van der Waals surface area contributed by atoms with Crippen molar-refractivity contribution in [3.63, 3.8) is 0 Å². The number of ether oxygens (including phenoxy) is 1. The molecule has 0 unspecified atom stereocenters. The minimum Gasteiger partial charge on any atom is -0.492 e. The van der Waals surface area contributed by atoms with Crippen LogP contribution < -0.4 is 20.3 Å². The molecule has 0 radical (unpaired) electrons. The molecule has 29 heavy (non-hydrogen) atoms. The Morgan fingerprint density at radius 3 is 2.76 bits per heavy atom. The summed E-state index contributed by atoms with van der Waals surface area (Å²) in [6.07, 6.45) is 0.799. The minimum absolute atomic E-state index is 0.0361. The van der Waals surface area contributed by atoms with Crippen LogP contribution in [0.2, 0.25) is 15.1 Å². The highest BCUT2D eigenvalue weighted by atomic mass is 35.5. The number of halogens is 3. The van der Waals surface area contributed by atoms with E-state index in [1.807, 2.05) is 4.90 Å². The number of amides is 2. The third-order valence-corrected chi connectivity index (χ3v) is 5.44. The van der Waals surface area contributed by atoms with Gasteiger partial charge in [0.05, 0.1) is 28.9 Å². The normalized spacial score (nSPS) is 13.8. The van der Waals surface area contributed by atoms with E-state index in [0.717, 1.165) is 5.69 Å². The van der Waals surface area contributed by atoms with Crippen LogP contribution >= 0.6 is 34.8 Å². The van der Waals surface area contributed by atoms with E-state index in [1.54, 1.807) is 36.4 Å². The van der Waals surface area contributed by atoms with Gasteiger partial charge in [-0.2, -0.15) is 0 Å². The van der Waals surface area contributed by atoms with Crippen LogP contribution in [0, 0.1) is 0 Å².